The third-order valence-electron chi connectivity index (χ3n) is 8.34. The largest absolute Gasteiger partial charge is 0.471 e. The molecule has 5 heterocycles. The zero-order valence-corrected chi connectivity index (χ0v) is 20.8. The van der Waals surface area contributed by atoms with E-state index in [0.29, 0.717) is 18.5 Å². The minimum absolute atomic E-state index is 0.157. The molecule has 0 radical (unpaired) electrons. The number of aliphatic hydroxyl groups excluding tert-OH is 4. The highest BCUT2D eigenvalue weighted by molar-refractivity contribution is 5.96. The van der Waals surface area contributed by atoms with Crippen LogP contribution in [-0.4, -0.2) is 93.5 Å². The van der Waals surface area contributed by atoms with Crippen molar-refractivity contribution in [3.8, 4) is 0 Å². The van der Waals surface area contributed by atoms with E-state index in [4.69, 9.17) is 18.9 Å². The van der Waals surface area contributed by atoms with Crippen molar-refractivity contribution in [2.24, 2.45) is 11.8 Å². The normalized spacial score (nSPS) is 38.6. The number of piperidine rings is 1. The van der Waals surface area contributed by atoms with Crippen LogP contribution in [0.3, 0.4) is 0 Å². The standard InChI is InChI=1S/C27H32N2O9/c1-3-12-14-8-17-21-20(13-6-4-5-7-16(13)28-21)18(35-2)9-29(17)25(34)15(14)11-36-26(12)38-27-24(33)23(32)22(31)19(10-30)37-27/h3-7,11-12,14,17-19,22-24,26-28,30-33H,1,8-10H2,2H3/t12-,14+,17+,18+,19-,22-,23+,24-,26+,27+/m1/s1. The fourth-order valence-electron chi connectivity index (χ4n) is 6.33. The molecule has 2 saturated heterocycles. The third kappa shape index (κ3) is 3.81. The van der Waals surface area contributed by atoms with E-state index < -0.39 is 49.5 Å². The molecule has 6 rings (SSSR count). The number of carbonyl (C=O) groups is 1. The first-order valence-corrected chi connectivity index (χ1v) is 12.8. The van der Waals surface area contributed by atoms with Crippen molar-refractivity contribution in [3.05, 3.63) is 60.0 Å². The molecular formula is C27H32N2O9. The summed E-state index contributed by atoms with van der Waals surface area (Å²) < 4.78 is 23.1. The Hall–Kier alpha value is -2.77. The molecule has 0 saturated carbocycles. The Morgan fingerprint density at radius 3 is 2.71 bits per heavy atom. The number of nitrogens with zero attached hydrogens (tertiary/aromatic N) is 1. The lowest BCUT2D eigenvalue weighted by atomic mass is 9.74. The van der Waals surface area contributed by atoms with Crippen molar-refractivity contribution >= 4 is 16.8 Å². The van der Waals surface area contributed by atoms with Gasteiger partial charge in [-0.05, 0) is 12.5 Å². The molecular weight excluding hydrogens is 496 g/mol. The van der Waals surface area contributed by atoms with Crippen LogP contribution >= 0.6 is 0 Å². The smallest absolute Gasteiger partial charge is 0.253 e. The van der Waals surface area contributed by atoms with Gasteiger partial charge >= 0.3 is 0 Å². The Balaban J connectivity index is 1.31. The quantitative estimate of drug-likeness (QED) is 0.351. The number of hydrogen-bond donors (Lipinski definition) is 5. The maximum Gasteiger partial charge on any atom is 0.253 e. The number of benzene rings is 1. The molecule has 1 aromatic heterocycles. The molecule has 2 aromatic rings. The first-order chi connectivity index (χ1) is 18.4. The zero-order chi connectivity index (χ0) is 26.7. The van der Waals surface area contributed by atoms with Crippen LogP contribution in [0.4, 0.5) is 0 Å². The number of fused-ring (bicyclic) bond motifs is 6. The molecule has 38 heavy (non-hydrogen) atoms. The van der Waals surface area contributed by atoms with Gasteiger partial charge in [0.15, 0.2) is 6.29 Å². The molecule has 204 valence electrons. The van der Waals surface area contributed by atoms with Gasteiger partial charge in [-0.3, -0.25) is 4.79 Å². The molecule has 0 unspecified atom stereocenters. The van der Waals surface area contributed by atoms with Crippen molar-refractivity contribution < 1.29 is 44.2 Å². The van der Waals surface area contributed by atoms with Gasteiger partial charge in [0.1, 0.15) is 30.5 Å². The van der Waals surface area contributed by atoms with Crippen molar-refractivity contribution in [2.75, 3.05) is 20.3 Å². The lowest BCUT2D eigenvalue weighted by Crippen LogP contribution is -2.60. The van der Waals surface area contributed by atoms with Gasteiger partial charge in [0.2, 0.25) is 6.29 Å². The number of carbonyl (C=O) groups excluding carboxylic acids is 1. The third-order valence-corrected chi connectivity index (χ3v) is 8.34. The van der Waals surface area contributed by atoms with E-state index in [0.717, 1.165) is 22.2 Å². The summed E-state index contributed by atoms with van der Waals surface area (Å²) in [6.45, 7) is 3.79. The second-order valence-electron chi connectivity index (χ2n) is 10.3. The highest BCUT2D eigenvalue weighted by Crippen LogP contribution is 2.50. The summed E-state index contributed by atoms with van der Waals surface area (Å²) in [7, 11) is 1.64. The summed E-state index contributed by atoms with van der Waals surface area (Å²) in [5, 5.41) is 41.3. The van der Waals surface area contributed by atoms with Crippen LogP contribution in [-0.2, 0) is 23.7 Å². The van der Waals surface area contributed by atoms with Crippen LogP contribution in [0.2, 0.25) is 0 Å². The monoisotopic (exact) mass is 528 g/mol. The van der Waals surface area contributed by atoms with Crippen LogP contribution in [0.25, 0.3) is 10.9 Å². The van der Waals surface area contributed by atoms with Crippen LogP contribution in [0, 0.1) is 11.8 Å². The predicted molar refractivity (Wildman–Crippen MR) is 132 cm³/mol. The molecule has 1 amide bonds. The number of rotatable bonds is 5. The van der Waals surface area contributed by atoms with Gasteiger partial charge in [-0.2, -0.15) is 0 Å². The number of aromatic nitrogens is 1. The van der Waals surface area contributed by atoms with Gasteiger partial charge in [-0.1, -0.05) is 24.3 Å². The number of nitrogens with one attached hydrogen (secondary N) is 1. The molecule has 0 bridgehead atoms. The summed E-state index contributed by atoms with van der Waals surface area (Å²) in [6.07, 6.45) is -4.79. The second kappa shape index (κ2) is 9.76. The number of amides is 1. The summed E-state index contributed by atoms with van der Waals surface area (Å²) in [5.74, 6) is -0.944. The molecule has 10 atom stereocenters. The van der Waals surface area contributed by atoms with Gasteiger partial charge < -0.3 is 49.3 Å². The first kappa shape index (κ1) is 25.5. The summed E-state index contributed by atoms with van der Waals surface area (Å²) >= 11 is 0. The number of aliphatic hydroxyl groups is 4. The van der Waals surface area contributed by atoms with Crippen molar-refractivity contribution in [3.63, 3.8) is 0 Å². The van der Waals surface area contributed by atoms with Crippen LogP contribution in [0.1, 0.15) is 29.8 Å². The van der Waals surface area contributed by atoms with E-state index in [1.807, 2.05) is 29.2 Å². The van der Waals surface area contributed by atoms with E-state index in [2.05, 4.69) is 11.6 Å². The topological polar surface area (TPSA) is 154 Å². The number of hydrogen-bond acceptors (Lipinski definition) is 9. The minimum atomic E-state index is -1.58. The number of methoxy groups -OCH3 is 1. The van der Waals surface area contributed by atoms with Crippen molar-refractivity contribution in [1.29, 1.82) is 0 Å². The minimum Gasteiger partial charge on any atom is -0.471 e. The Kier molecular flexibility index (Phi) is 6.55. The molecule has 11 heteroatoms. The van der Waals surface area contributed by atoms with E-state index in [-0.39, 0.29) is 24.0 Å². The van der Waals surface area contributed by atoms with E-state index >= 15 is 0 Å². The average molecular weight is 529 g/mol. The summed E-state index contributed by atoms with van der Waals surface area (Å²) in [5.41, 5.74) is 3.47. The van der Waals surface area contributed by atoms with E-state index in [9.17, 15) is 25.2 Å². The Morgan fingerprint density at radius 2 is 1.97 bits per heavy atom. The van der Waals surface area contributed by atoms with Gasteiger partial charge in [-0.25, -0.2) is 0 Å². The fourth-order valence-corrected chi connectivity index (χ4v) is 6.33. The molecule has 0 spiro atoms. The highest BCUT2D eigenvalue weighted by atomic mass is 16.8. The van der Waals surface area contributed by atoms with Gasteiger partial charge in [0.25, 0.3) is 5.91 Å². The zero-order valence-electron chi connectivity index (χ0n) is 20.8. The number of para-hydroxylation sites is 1. The fraction of sp³-hybridized carbons (Fsp3) is 0.519. The van der Waals surface area contributed by atoms with Crippen LogP contribution in [0.15, 0.2) is 48.8 Å². The molecule has 0 aliphatic carbocycles. The van der Waals surface area contributed by atoms with Gasteiger partial charge in [-0.15, -0.1) is 6.58 Å². The number of ether oxygens (including phenoxy) is 4. The molecule has 1 aromatic carbocycles. The second-order valence-corrected chi connectivity index (χ2v) is 10.3. The van der Waals surface area contributed by atoms with Crippen molar-refractivity contribution in [2.45, 2.75) is 55.6 Å². The molecule has 11 nitrogen and oxygen atoms in total. The highest BCUT2D eigenvalue weighted by Gasteiger charge is 2.52. The number of aromatic amines is 1. The Bertz CT molecular complexity index is 1260. The van der Waals surface area contributed by atoms with E-state index in [1.165, 1.54) is 6.26 Å². The SMILES string of the molecule is C=C[C@H]1[C@H](O[C@@H]2O[C@H](CO)[C@@H](O)[C@H](O)[C@H]2O)OC=C2C(=O)N3C[C@H](OC)c4c([nH]c5ccccc45)[C@@H]3C[C@H]21. The summed E-state index contributed by atoms with van der Waals surface area (Å²) in [6, 6.07) is 7.77. The summed E-state index contributed by atoms with van der Waals surface area (Å²) in [4.78, 5) is 19.1. The molecule has 4 aliphatic rings. The number of H-pyrrole nitrogens is 1. The maximum absolute atomic E-state index is 13.7. The molecule has 4 aliphatic heterocycles. The van der Waals surface area contributed by atoms with Gasteiger partial charge in [0, 0.05) is 41.1 Å². The first-order valence-electron chi connectivity index (χ1n) is 12.8. The van der Waals surface area contributed by atoms with E-state index in [1.54, 1.807) is 13.2 Å². The molecule has 5 N–H and O–H groups in total. The Labute approximate surface area is 218 Å². The van der Waals surface area contributed by atoms with Crippen molar-refractivity contribution in [1.82, 2.24) is 9.88 Å². The average Bonchev–Trinajstić information content (AvgIpc) is 3.33. The van der Waals surface area contributed by atoms with Gasteiger partial charge in [0.05, 0.1) is 31.0 Å². The lowest BCUT2D eigenvalue weighted by Gasteiger charge is -2.49. The van der Waals surface area contributed by atoms with Crippen LogP contribution in [0.5, 0.6) is 0 Å². The molecule has 2 fully saturated rings. The lowest BCUT2D eigenvalue weighted by molar-refractivity contribution is -0.339. The van der Waals surface area contributed by atoms with Crippen LogP contribution < -0.4 is 0 Å². The maximum atomic E-state index is 13.7. The Morgan fingerprint density at radius 1 is 1.18 bits per heavy atom. The predicted octanol–water partition coefficient (Wildman–Crippen LogP) is 0.618.